The molecule has 2 rings (SSSR count). The highest BCUT2D eigenvalue weighted by molar-refractivity contribution is 5.96. The molecule has 1 fully saturated rings. The fourth-order valence-electron chi connectivity index (χ4n) is 3.14. The van der Waals surface area contributed by atoms with E-state index in [1.54, 1.807) is 6.08 Å². The Balaban J connectivity index is 2.31. The number of carbonyl (C=O) groups is 1. The van der Waals surface area contributed by atoms with Crippen LogP contribution in [0.5, 0.6) is 0 Å². The summed E-state index contributed by atoms with van der Waals surface area (Å²) in [6, 6.07) is 0. The van der Waals surface area contributed by atoms with Crippen LogP contribution in [0, 0.1) is 10.8 Å². The number of ketones is 1. The second kappa shape index (κ2) is 3.20. The highest BCUT2D eigenvalue weighted by Crippen LogP contribution is 2.52. The fraction of sp³-hybridized carbons (Fsp3) is 0.750. The maximum atomic E-state index is 11.9. The molecule has 2 unspecified atom stereocenters. The molecule has 2 nitrogen and oxygen atoms in total. The van der Waals surface area contributed by atoms with Gasteiger partial charge in [-0.05, 0) is 37.2 Å². The Bertz CT molecular complexity index is 278. The maximum absolute atomic E-state index is 11.9. The molecule has 0 radical (unpaired) electrons. The van der Waals surface area contributed by atoms with Crippen LogP contribution in [0.1, 0.15) is 39.0 Å². The van der Waals surface area contributed by atoms with Crippen LogP contribution >= 0.6 is 0 Å². The van der Waals surface area contributed by atoms with Crippen molar-refractivity contribution in [3.8, 4) is 0 Å². The van der Waals surface area contributed by atoms with E-state index in [1.165, 1.54) is 6.42 Å². The number of aliphatic hydroxyl groups is 1. The van der Waals surface area contributed by atoms with Crippen molar-refractivity contribution < 1.29 is 9.90 Å². The summed E-state index contributed by atoms with van der Waals surface area (Å²) in [5.74, 6) is 0.240. The molecule has 2 atom stereocenters. The van der Waals surface area contributed by atoms with Crippen LogP contribution in [0.15, 0.2) is 12.2 Å². The van der Waals surface area contributed by atoms with Crippen molar-refractivity contribution in [2.45, 2.75) is 39.0 Å². The van der Waals surface area contributed by atoms with E-state index in [9.17, 15) is 4.79 Å². The number of carbonyl (C=O) groups excluding carboxylic acids is 1. The van der Waals surface area contributed by atoms with Crippen LogP contribution < -0.4 is 0 Å². The molecule has 14 heavy (non-hydrogen) atoms. The number of rotatable bonds is 2. The van der Waals surface area contributed by atoms with Crippen molar-refractivity contribution in [1.82, 2.24) is 0 Å². The van der Waals surface area contributed by atoms with Gasteiger partial charge < -0.3 is 5.11 Å². The molecule has 78 valence electrons. The minimum absolute atomic E-state index is 0.135. The lowest BCUT2D eigenvalue weighted by molar-refractivity contribution is -0.130. The molecule has 1 saturated carbocycles. The van der Waals surface area contributed by atoms with Gasteiger partial charge in [0.2, 0.25) is 0 Å². The van der Waals surface area contributed by atoms with Gasteiger partial charge in [0.1, 0.15) is 0 Å². The maximum Gasteiger partial charge on any atom is 0.161 e. The summed E-state index contributed by atoms with van der Waals surface area (Å²) in [7, 11) is 0. The predicted octanol–water partition coefficient (Wildman–Crippen LogP) is 2.07. The summed E-state index contributed by atoms with van der Waals surface area (Å²) in [5, 5.41) is 9.05. The zero-order valence-electron chi connectivity index (χ0n) is 8.75. The third kappa shape index (κ3) is 1.42. The molecule has 2 heteroatoms. The van der Waals surface area contributed by atoms with Crippen molar-refractivity contribution >= 4 is 5.78 Å². The number of hydrogen-bond donors (Lipinski definition) is 1. The van der Waals surface area contributed by atoms with Gasteiger partial charge in [0.15, 0.2) is 5.78 Å². The van der Waals surface area contributed by atoms with Crippen molar-refractivity contribution in [3.63, 3.8) is 0 Å². The lowest BCUT2D eigenvalue weighted by Crippen LogP contribution is -2.43. The normalized spacial score (nSPS) is 41.4. The summed E-state index contributed by atoms with van der Waals surface area (Å²) in [5.41, 5.74) is -0.0160. The van der Waals surface area contributed by atoms with Gasteiger partial charge in [0.05, 0.1) is 0 Å². The van der Waals surface area contributed by atoms with Gasteiger partial charge in [-0.15, -0.1) is 0 Å². The van der Waals surface area contributed by atoms with Crippen LogP contribution in [-0.2, 0) is 4.79 Å². The first-order valence-corrected chi connectivity index (χ1v) is 5.45. The number of allylic oxidation sites excluding steroid dienone is 2. The molecular weight excluding hydrogens is 176 g/mol. The van der Waals surface area contributed by atoms with Crippen LogP contribution in [0.25, 0.3) is 0 Å². The molecule has 0 aromatic rings. The largest absolute Gasteiger partial charge is 0.396 e. The minimum Gasteiger partial charge on any atom is -0.396 e. The number of hydrogen-bond acceptors (Lipinski definition) is 2. The first-order valence-electron chi connectivity index (χ1n) is 5.45. The quantitative estimate of drug-likeness (QED) is 0.730. The Kier molecular flexibility index (Phi) is 2.26. The molecule has 0 heterocycles. The Morgan fingerprint density at radius 1 is 1.50 bits per heavy atom. The van der Waals surface area contributed by atoms with E-state index >= 15 is 0 Å². The number of aliphatic hydroxyl groups excluding tert-OH is 1. The first-order chi connectivity index (χ1) is 6.60. The summed E-state index contributed by atoms with van der Waals surface area (Å²) in [6.45, 7) is 2.36. The molecule has 2 aliphatic carbocycles. The van der Waals surface area contributed by atoms with Crippen LogP contribution in [0.3, 0.4) is 0 Å². The molecule has 0 aromatic heterocycles. The Morgan fingerprint density at radius 2 is 2.29 bits per heavy atom. The summed E-state index contributed by atoms with van der Waals surface area (Å²) in [6.07, 6.45) is 8.67. The third-order valence-corrected chi connectivity index (χ3v) is 3.90. The van der Waals surface area contributed by atoms with E-state index in [0.29, 0.717) is 6.42 Å². The molecule has 0 spiro atoms. The first kappa shape index (κ1) is 9.91. The van der Waals surface area contributed by atoms with Gasteiger partial charge in [-0.25, -0.2) is 0 Å². The van der Waals surface area contributed by atoms with E-state index in [1.807, 2.05) is 0 Å². The SMILES string of the molecule is CC12C=CC(=O)C(CCO)(CCC1)C2. The summed E-state index contributed by atoms with van der Waals surface area (Å²) in [4.78, 5) is 11.9. The highest BCUT2D eigenvalue weighted by Gasteiger charge is 2.47. The molecule has 0 aromatic carbocycles. The molecule has 2 aliphatic rings. The lowest BCUT2D eigenvalue weighted by Gasteiger charge is -2.46. The zero-order valence-corrected chi connectivity index (χ0v) is 8.75. The zero-order chi connectivity index (χ0) is 10.2. The van der Waals surface area contributed by atoms with Gasteiger partial charge in [0, 0.05) is 12.0 Å². The van der Waals surface area contributed by atoms with Gasteiger partial charge >= 0.3 is 0 Å². The van der Waals surface area contributed by atoms with Gasteiger partial charge in [-0.2, -0.15) is 0 Å². The molecule has 0 aliphatic heterocycles. The fourth-order valence-corrected chi connectivity index (χ4v) is 3.14. The van der Waals surface area contributed by atoms with Crippen LogP contribution in [0.4, 0.5) is 0 Å². The van der Waals surface area contributed by atoms with E-state index in [0.717, 1.165) is 19.3 Å². The highest BCUT2D eigenvalue weighted by atomic mass is 16.3. The van der Waals surface area contributed by atoms with E-state index in [-0.39, 0.29) is 23.2 Å². The van der Waals surface area contributed by atoms with E-state index < -0.39 is 0 Å². The Hall–Kier alpha value is -0.630. The minimum atomic E-state index is -0.226. The van der Waals surface area contributed by atoms with Crippen molar-refractivity contribution in [2.24, 2.45) is 10.8 Å². The van der Waals surface area contributed by atoms with Gasteiger partial charge in [-0.1, -0.05) is 19.4 Å². The molecular formula is C12H18O2. The van der Waals surface area contributed by atoms with E-state index in [2.05, 4.69) is 13.0 Å². The smallest absolute Gasteiger partial charge is 0.161 e. The van der Waals surface area contributed by atoms with Gasteiger partial charge in [0.25, 0.3) is 0 Å². The average molecular weight is 194 g/mol. The molecule has 1 N–H and O–H groups in total. The topological polar surface area (TPSA) is 37.3 Å². The molecule has 0 saturated heterocycles. The Labute approximate surface area is 85.0 Å². The standard InChI is InChI=1S/C12H18O2/c1-11-4-2-5-12(9-11,7-8-13)10(14)3-6-11/h3,6,13H,2,4-5,7-9H2,1H3. The van der Waals surface area contributed by atoms with Gasteiger partial charge in [-0.3, -0.25) is 4.79 Å². The predicted molar refractivity (Wildman–Crippen MR) is 54.9 cm³/mol. The average Bonchev–Trinajstić information content (AvgIpc) is 2.13. The Morgan fingerprint density at radius 3 is 3.00 bits per heavy atom. The summed E-state index contributed by atoms with van der Waals surface area (Å²) < 4.78 is 0. The van der Waals surface area contributed by atoms with Crippen LogP contribution in [0.2, 0.25) is 0 Å². The summed E-state index contributed by atoms with van der Waals surface area (Å²) >= 11 is 0. The van der Waals surface area contributed by atoms with Crippen LogP contribution in [-0.4, -0.2) is 17.5 Å². The van der Waals surface area contributed by atoms with Crippen molar-refractivity contribution in [1.29, 1.82) is 0 Å². The second-order valence-corrected chi connectivity index (χ2v) is 5.14. The monoisotopic (exact) mass is 194 g/mol. The van der Waals surface area contributed by atoms with Crippen molar-refractivity contribution in [2.75, 3.05) is 6.61 Å². The van der Waals surface area contributed by atoms with E-state index in [4.69, 9.17) is 5.11 Å². The van der Waals surface area contributed by atoms with Crippen molar-refractivity contribution in [3.05, 3.63) is 12.2 Å². The molecule has 0 amide bonds. The third-order valence-electron chi connectivity index (χ3n) is 3.90. The lowest BCUT2D eigenvalue weighted by atomic mass is 9.57. The second-order valence-electron chi connectivity index (χ2n) is 5.14. The molecule has 2 bridgehead atoms. The number of fused-ring (bicyclic) bond motifs is 2.